The van der Waals surface area contributed by atoms with Crippen molar-refractivity contribution < 1.29 is 26.8 Å². The van der Waals surface area contributed by atoms with Crippen LogP contribution in [-0.4, -0.2) is 5.78 Å². The molecule has 94 valence electrons. The van der Waals surface area contributed by atoms with Crippen molar-refractivity contribution in [3.05, 3.63) is 59.3 Å². The monoisotopic (exact) mass is 258 g/mol. The molecule has 0 atom stereocenters. The van der Waals surface area contributed by atoms with Crippen molar-refractivity contribution in [2.24, 2.45) is 0 Å². The van der Waals surface area contributed by atoms with E-state index in [4.69, 9.17) is 4.42 Å². The molecule has 1 aromatic heterocycles. The highest BCUT2D eigenvalue weighted by Gasteiger charge is 2.36. The number of hydrogen-bond acceptors (Lipinski definition) is 2. The van der Waals surface area contributed by atoms with Crippen LogP contribution in [0.1, 0.15) is 21.7 Å². The van der Waals surface area contributed by atoms with Crippen molar-refractivity contribution in [3.8, 4) is 0 Å². The largest absolute Gasteiger partial charge is 0.461 e. The zero-order chi connectivity index (χ0) is 13.3. The van der Waals surface area contributed by atoms with Gasteiger partial charge in [0.25, 0.3) is 0 Å². The maximum atomic E-state index is 13.6. The Morgan fingerprint density at radius 3 is 2.39 bits per heavy atom. The second kappa shape index (κ2) is 4.29. The van der Waals surface area contributed by atoms with Gasteiger partial charge in [-0.2, -0.15) is 13.2 Å². The molecule has 0 saturated carbocycles. The molecule has 1 heterocycles. The first-order chi connectivity index (χ1) is 8.41. The quantitative estimate of drug-likeness (QED) is 0.607. The average molecular weight is 258 g/mol. The Labute approximate surface area is 98.8 Å². The highest BCUT2D eigenvalue weighted by molar-refractivity contribution is 6.07. The summed E-state index contributed by atoms with van der Waals surface area (Å²) >= 11 is 0. The number of carbonyl (C=O) groups is 1. The molecule has 0 fully saturated rings. The van der Waals surface area contributed by atoms with E-state index in [0.29, 0.717) is 6.07 Å². The van der Waals surface area contributed by atoms with Gasteiger partial charge in [-0.15, -0.1) is 0 Å². The minimum absolute atomic E-state index is 0.215. The molecule has 2 rings (SSSR count). The maximum Gasteiger partial charge on any atom is 0.419 e. The normalized spacial score (nSPS) is 11.6. The number of rotatable bonds is 2. The molecular weight excluding hydrogens is 252 g/mol. The van der Waals surface area contributed by atoms with E-state index < -0.39 is 28.9 Å². The zero-order valence-electron chi connectivity index (χ0n) is 8.79. The lowest BCUT2D eigenvalue weighted by Gasteiger charge is -2.09. The van der Waals surface area contributed by atoms with Gasteiger partial charge in [-0.25, -0.2) is 4.39 Å². The highest BCUT2D eigenvalue weighted by Crippen LogP contribution is 2.32. The first-order valence-electron chi connectivity index (χ1n) is 4.85. The van der Waals surface area contributed by atoms with Gasteiger partial charge in [0, 0.05) is 0 Å². The summed E-state index contributed by atoms with van der Waals surface area (Å²) in [5.41, 5.74) is -2.14. The Morgan fingerprint density at radius 2 is 1.83 bits per heavy atom. The van der Waals surface area contributed by atoms with Gasteiger partial charge < -0.3 is 4.42 Å². The van der Waals surface area contributed by atoms with Crippen LogP contribution >= 0.6 is 0 Å². The fraction of sp³-hybridized carbons (Fsp3) is 0.0833. The van der Waals surface area contributed by atoms with E-state index in [9.17, 15) is 22.4 Å². The number of halogens is 4. The fourth-order valence-electron chi connectivity index (χ4n) is 1.47. The van der Waals surface area contributed by atoms with Crippen molar-refractivity contribution in [2.45, 2.75) is 6.18 Å². The third-order valence-electron chi connectivity index (χ3n) is 2.29. The molecule has 2 nitrogen and oxygen atoms in total. The van der Waals surface area contributed by atoms with Gasteiger partial charge in [-0.3, -0.25) is 4.79 Å². The first kappa shape index (κ1) is 12.3. The Kier molecular flexibility index (Phi) is 2.94. The van der Waals surface area contributed by atoms with E-state index >= 15 is 0 Å². The minimum Gasteiger partial charge on any atom is -0.461 e. The molecule has 2 aromatic rings. The van der Waals surface area contributed by atoms with E-state index in [0.717, 1.165) is 12.1 Å². The summed E-state index contributed by atoms with van der Waals surface area (Å²) in [6.07, 6.45) is -3.66. The van der Waals surface area contributed by atoms with Gasteiger partial charge in [0.05, 0.1) is 17.4 Å². The summed E-state index contributed by atoms with van der Waals surface area (Å²) in [4.78, 5) is 11.7. The molecule has 0 aliphatic rings. The van der Waals surface area contributed by atoms with Crippen LogP contribution in [-0.2, 0) is 6.18 Å². The van der Waals surface area contributed by atoms with Crippen LogP contribution in [0.25, 0.3) is 0 Å². The van der Waals surface area contributed by atoms with E-state index in [-0.39, 0.29) is 5.76 Å². The van der Waals surface area contributed by atoms with Gasteiger partial charge in [-0.1, -0.05) is 6.07 Å². The third-order valence-corrected chi connectivity index (χ3v) is 2.29. The average Bonchev–Trinajstić information content (AvgIpc) is 2.80. The lowest BCUT2D eigenvalue weighted by atomic mass is 10.0. The molecule has 0 N–H and O–H groups in total. The number of carbonyl (C=O) groups excluding carboxylic acids is 1. The second-order valence-corrected chi connectivity index (χ2v) is 3.47. The molecule has 0 amide bonds. The lowest BCUT2D eigenvalue weighted by Crippen LogP contribution is -2.12. The summed E-state index contributed by atoms with van der Waals surface area (Å²) in [6.45, 7) is 0. The van der Waals surface area contributed by atoms with Gasteiger partial charge in [0.1, 0.15) is 5.82 Å². The standard InChI is InChI=1S/C12H6F4O2/c13-10-7(11(17)9-5-2-6-18-9)3-1-4-8(10)12(14,15)16/h1-6H. The predicted octanol–water partition coefficient (Wildman–Crippen LogP) is 3.67. The fourth-order valence-corrected chi connectivity index (χ4v) is 1.47. The molecule has 1 aromatic carbocycles. The molecule has 0 aliphatic heterocycles. The Balaban J connectivity index is 2.50. The minimum atomic E-state index is -4.84. The number of hydrogen-bond donors (Lipinski definition) is 0. The van der Waals surface area contributed by atoms with E-state index in [1.165, 1.54) is 18.4 Å². The molecule has 0 unspecified atom stereocenters. The lowest BCUT2D eigenvalue weighted by molar-refractivity contribution is -0.140. The molecular formula is C12H6F4O2. The topological polar surface area (TPSA) is 30.2 Å². The van der Waals surface area contributed by atoms with E-state index in [2.05, 4.69) is 0 Å². The summed E-state index contributed by atoms with van der Waals surface area (Å²) in [5, 5.41) is 0. The van der Waals surface area contributed by atoms with Crippen LogP contribution in [0.4, 0.5) is 17.6 Å². The molecule has 0 saturated heterocycles. The second-order valence-electron chi connectivity index (χ2n) is 3.47. The van der Waals surface area contributed by atoms with Crippen LogP contribution in [0.15, 0.2) is 41.0 Å². The van der Waals surface area contributed by atoms with Crippen molar-refractivity contribution >= 4 is 5.78 Å². The summed E-state index contributed by atoms with van der Waals surface area (Å²) in [5.74, 6) is -2.73. The van der Waals surface area contributed by atoms with Gasteiger partial charge in [0.2, 0.25) is 5.78 Å². The van der Waals surface area contributed by atoms with Crippen molar-refractivity contribution in [2.75, 3.05) is 0 Å². The molecule has 0 radical (unpaired) electrons. The van der Waals surface area contributed by atoms with E-state index in [1.807, 2.05) is 0 Å². The van der Waals surface area contributed by atoms with Crippen molar-refractivity contribution in [3.63, 3.8) is 0 Å². The zero-order valence-corrected chi connectivity index (χ0v) is 8.79. The molecule has 18 heavy (non-hydrogen) atoms. The van der Waals surface area contributed by atoms with Crippen molar-refractivity contribution in [1.29, 1.82) is 0 Å². The van der Waals surface area contributed by atoms with Crippen LogP contribution in [0.3, 0.4) is 0 Å². The highest BCUT2D eigenvalue weighted by atomic mass is 19.4. The third kappa shape index (κ3) is 2.13. The first-order valence-corrected chi connectivity index (χ1v) is 4.85. The maximum absolute atomic E-state index is 13.6. The number of ketones is 1. The SMILES string of the molecule is O=C(c1ccco1)c1cccc(C(F)(F)F)c1F. The number of benzene rings is 1. The van der Waals surface area contributed by atoms with Crippen molar-refractivity contribution in [1.82, 2.24) is 0 Å². The summed E-state index contributed by atoms with van der Waals surface area (Å²) < 4.78 is 55.7. The van der Waals surface area contributed by atoms with Gasteiger partial charge >= 0.3 is 6.18 Å². The van der Waals surface area contributed by atoms with Crippen LogP contribution in [0, 0.1) is 5.82 Å². The predicted molar refractivity (Wildman–Crippen MR) is 53.5 cm³/mol. The van der Waals surface area contributed by atoms with Crippen LogP contribution in [0.2, 0.25) is 0 Å². The molecule has 0 spiro atoms. The molecule has 0 bridgehead atoms. The Morgan fingerprint density at radius 1 is 1.11 bits per heavy atom. The van der Waals surface area contributed by atoms with Crippen LogP contribution in [0.5, 0.6) is 0 Å². The van der Waals surface area contributed by atoms with Gasteiger partial charge in [-0.05, 0) is 24.3 Å². The molecule has 6 heteroatoms. The molecule has 0 aliphatic carbocycles. The van der Waals surface area contributed by atoms with E-state index in [1.54, 1.807) is 0 Å². The Bertz CT molecular complexity index is 570. The van der Waals surface area contributed by atoms with Crippen LogP contribution < -0.4 is 0 Å². The summed E-state index contributed by atoms with van der Waals surface area (Å²) in [7, 11) is 0. The summed E-state index contributed by atoms with van der Waals surface area (Å²) in [6, 6.07) is 5.17. The Hall–Kier alpha value is -2.11. The number of alkyl halides is 3. The van der Waals surface area contributed by atoms with Gasteiger partial charge in [0.15, 0.2) is 5.76 Å². The number of furan rings is 1. The smallest absolute Gasteiger partial charge is 0.419 e.